The first-order valence-electron chi connectivity index (χ1n) is 4.57. The van der Waals surface area contributed by atoms with Gasteiger partial charge in [-0.1, -0.05) is 0 Å². The third-order valence-electron chi connectivity index (χ3n) is 2.24. The van der Waals surface area contributed by atoms with E-state index in [9.17, 15) is 4.91 Å². The van der Waals surface area contributed by atoms with Crippen molar-refractivity contribution in [1.29, 1.82) is 0 Å². The SMILES string of the molecule is CC1(C)C=Cc2c(ccc(I)c2N=O)O1. The molecule has 0 saturated heterocycles. The number of fused-ring (bicyclic) bond motifs is 1. The van der Waals surface area contributed by atoms with Crippen molar-refractivity contribution in [2.24, 2.45) is 5.18 Å². The Labute approximate surface area is 102 Å². The fourth-order valence-corrected chi connectivity index (χ4v) is 2.08. The summed E-state index contributed by atoms with van der Waals surface area (Å²) >= 11 is 2.09. The van der Waals surface area contributed by atoms with Gasteiger partial charge in [0.05, 0.1) is 0 Å². The van der Waals surface area contributed by atoms with Gasteiger partial charge in [-0.2, -0.15) is 0 Å². The molecular weight excluding hydrogens is 305 g/mol. The summed E-state index contributed by atoms with van der Waals surface area (Å²) in [5, 5.41) is 3.04. The first-order chi connectivity index (χ1) is 7.03. The molecule has 0 fully saturated rings. The smallest absolute Gasteiger partial charge is 0.132 e. The lowest BCUT2D eigenvalue weighted by atomic mass is 10.0. The zero-order chi connectivity index (χ0) is 11.1. The molecule has 1 aliphatic rings. The van der Waals surface area contributed by atoms with E-state index in [0.29, 0.717) is 5.69 Å². The van der Waals surface area contributed by atoms with E-state index < -0.39 is 0 Å². The van der Waals surface area contributed by atoms with Gasteiger partial charge >= 0.3 is 0 Å². The maximum absolute atomic E-state index is 10.7. The maximum Gasteiger partial charge on any atom is 0.132 e. The number of nitroso groups, excluding NO2 is 1. The summed E-state index contributed by atoms with van der Waals surface area (Å²) in [6.07, 6.45) is 3.83. The number of halogens is 1. The van der Waals surface area contributed by atoms with E-state index in [-0.39, 0.29) is 5.60 Å². The Morgan fingerprint density at radius 2 is 2.13 bits per heavy atom. The molecule has 0 aromatic heterocycles. The van der Waals surface area contributed by atoms with Crippen LogP contribution in [0.1, 0.15) is 19.4 Å². The monoisotopic (exact) mass is 315 g/mol. The van der Waals surface area contributed by atoms with Crippen molar-refractivity contribution < 1.29 is 4.74 Å². The summed E-state index contributed by atoms with van der Waals surface area (Å²) in [5.41, 5.74) is 0.913. The molecule has 1 aromatic rings. The van der Waals surface area contributed by atoms with Crippen LogP contribution in [0, 0.1) is 8.48 Å². The summed E-state index contributed by atoms with van der Waals surface area (Å²) in [4.78, 5) is 10.7. The highest BCUT2D eigenvalue weighted by Gasteiger charge is 2.24. The van der Waals surface area contributed by atoms with E-state index in [2.05, 4.69) is 27.8 Å². The third-order valence-corrected chi connectivity index (χ3v) is 3.11. The zero-order valence-corrected chi connectivity index (χ0v) is 10.6. The molecule has 0 N–H and O–H groups in total. The third kappa shape index (κ3) is 1.90. The lowest BCUT2D eigenvalue weighted by molar-refractivity contribution is 0.159. The van der Waals surface area contributed by atoms with Gasteiger partial charge in [-0.15, -0.1) is 4.91 Å². The number of benzene rings is 1. The minimum atomic E-state index is -0.320. The van der Waals surface area contributed by atoms with Gasteiger partial charge in [0.25, 0.3) is 0 Å². The Balaban J connectivity index is 2.61. The van der Waals surface area contributed by atoms with Crippen LogP contribution in [0.5, 0.6) is 5.75 Å². The molecule has 0 amide bonds. The first-order valence-corrected chi connectivity index (χ1v) is 5.65. The Kier molecular flexibility index (Phi) is 2.54. The molecule has 2 rings (SSSR count). The number of ether oxygens (including phenoxy) is 1. The van der Waals surface area contributed by atoms with Crippen molar-refractivity contribution in [3.05, 3.63) is 32.2 Å². The molecule has 0 radical (unpaired) electrons. The quantitative estimate of drug-likeness (QED) is 0.583. The predicted molar refractivity (Wildman–Crippen MR) is 68.4 cm³/mol. The highest BCUT2D eigenvalue weighted by molar-refractivity contribution is 14.1. The van der Waals surface area contributed by atoms with Crippen molar-refractivity contribution in [1.82, 2.24) is 0 Å². The maximum atomic E-state index is 10.7. The van der Waals surface area contributed by atoms with Gasteiger partial charge in [-0.05, 0) is 65.9 Å². The van der Waals surface area contributed by atoms with Gasteiger partial charge in [-0.3, -0.25) is 0 Å². The number of rotatable bonds is 1. The van der Waals surface area contributed by atoms with Crippen LogP contribution in [0.2, 0.25) is 0 Å². The predicted octanol–water partition coefficient (Wildman–Crippen LogP) is 3.87. The lowest BCUT2D eigenvalue weighted by Crippen LogP contribution is -2.27. The Morgan fingerprint density at radius 1 is 1.40 bits per heavy atom. The van der Waals surface area contributed by atoms with E-state index in [1.807, 2.05) is 38.1 Å². The number of hydrogen-bond acceptors (Lipinski definition) is 3. The van der Waals surface area contributed by atoms with Gasteiger partial charge in [0.2, 0.25) is 0 Å². The van der Waals surface area contributed by atoms with Crippen LogP contribution in [-0.2, 0) is 0 Å². The van der Waals surface area contributed by atoms with Crippen LogP contribution in [0.3, 0.4) is 0 Å². The molecule has 0 aliphatic carbocycles. The molecule has 0 unspecified atom stereocenters. The highest BCUT2D eigenvalue weighted by Crippen LogP contribution is 2.39. The molecule has 0 spiro atoms. The number of nitrogens with zero attached hydrogens (tertiary/aromatic N) is 1. The molecule has 4 heteroatoms. The number of hydrogen-bond donors (Lipinski definition) is 0. The molecule has 1 heterocycles. The van der Waals surface area contributed by atoms with Crippen molar-refractivity contribution in [3.8, 4) is 5.75 Å². The Hall–Kier alpha value is -0.910. The molecular formula is C11H10INO2. The van der Waals surface area contributed by atoms with E-state index in [1.54, 1.807) is 0 Å². The van der Waals surface area contributed by atoms with Crippen molar-refractivity contribution in [3.63, 3.8) is 0 Å². The van der Waals surface area contributed by atoms with E-state index in [4.69, 9.17) is 4.74 Å². The van der Waals surface area contributed by atoms with Gasteiger partial charge in [-0.25, -0.2) is 0 Å². The van der Waals surface area contributed by atoms with Crippen molar-refractivity contribution >= 4 is 34.4 Å². The zero-order valence-electron chi connectivity index (χ0n) is 8.45. The van der Waals surface area contributed by atoms with Crippen molar-refractivity contribution in [2.75, 3.05) is 0 Å². The molecule has 0 saturated carbocycles. The standard InChI is InChI=1S/C11H10INO2/c1-11(2)6-5-7-9(15-11)4-3-8(12)10(7)13-14/h3-6H,1-2H3. The first kappa shape index (κ1) is 10.6. The molecule has 15 heavy (non-hydrogen) atoms. The Bertz CT molecular complexity index is 452. The second kappa shape index (κ2) is 3.59. The average molecular weight is 315 g/mol. The van der Waals surface area contributed by atoms with Gasteiger partial charge in [0, 0.05) is 9.13 Å². The average Bonchev–Trinajstić information content (AvgIpc) is 2.17. The van der Waals surface area contributed by atoms with E-state index in [1.165, 1.54) is 0 Å². The summed E-state index contributed by atoms with van der Waals surface area (Å²) in [6, 6.07) is 3.71. The minimum Gasteiger partial charge on any atom is -0.483 e. The van der Waals surface area contributed by atoms with Gasteiger partial charge < -0.3 is 4.74 Å². The Morgan fingerprint density at radius 3 is 2.80 bits per heavy atom. The van der Waals surface area contributed by atoms with Crippen LogP contribution in [0.25, 0.3) is 6.08 Å². The molecule has 1 aliphatic heterocycles. The summed E-state index contributed by atoms with van der Waals surface area (Å²) < 4.78 is 6.57. The second-order valence-corrected chi connectivity index (χ2v) is 5.10. The summed E-state index contributed by atoms with van der Waals surface area (Å²) in [6.45, 7) is 3.94. The molecule has 78 valence electrons. The normalized spacial score (nSPS) is 16.7. The van der Waals surface area contributed by atoms with Crippen LogP contribution in [-0.4, -0.2) is 5.60 Å². The molecule has 0 bridgehead atoms. The minimum absolute atomic E-state index is 0.320. The van der Waals surface area contributed by atoms with Gasteiger partial charge in [0.15, 0.2) is 0 Å². The lowest BCUT2D eigenvalue weighted by Gasteiger charge is -2.28. The topological polar surface area (TPSA) is 38.7 Å². The fourth-order valence-electron chi connectivity index (χ4n) is 1.51. The van der Waals surface area contributed by atoms with Crippen LogP contribution >= 0.6 is 22.6 Å². The second-order valence-electron chi connectivity index (χ2n) is 3.94. The summed E-state index contributed by atoms with van der Waals surface area (Å²) in [5.74, 6) is 0.720. The molecule has 0 atom stereocenters. The van der Waals surface area contributed by atoms with E-state index in [0.717, 1.165) is 14.9 Å². The largest absolute Gasteiger partial charge is 0.483 e. The van der Waals surface area contributed by atoms with E-state index >= 15 is 0 Å². The highest BCUT2D eigenvalue weighted by atomic mass is 127. The van der Waals surface area contributed by atoms with Gasteiger partial charge in [0.1, 0.15) is 17.0 Å². The summed E-state index contributed by atoms with van der Waals surface area (Å²) in [7, 11) is 0. The van der Waals surface area contributed by atoms with Crippen LogP contribution < -0.4 is 4.74 Å². The van der Waals surface area contributed by atoms with Crippen molar-refractivity contribution in [2.45, 2.75) is 19.4 Å². The molecule has 1 aromatic carbocycles. The van der Waals surface area contributed by atoms with Crippen LogP contribution in [0.4, 0.5) is 5.69 Å². The fraction of sp³-hybridized carbons (Fsp3) is 0.273. The molecule has 3 nitrogen and oxygen atoms in total. The van der Waals surface area contributed by atoms with Crippen LogP contribution in [0.15, 0.2) is 23.4 Å².